The molecule has 146 valence electrons. The smallest absolute Gasteiger partial charge is 0.278 e. The van der Waals surface area contributed by atoms with Gasteiger partial charge in [0, 0.05) is 27.2 Å². The third-order valence-electron chi connectivity index (χ3n) is 4.19. The van der Waals surface area contributed by atoms with Crippen molar-refractivity contribution in [2.75, 3.05) is 25.5 Å². The van der Waals surface area contributed by atoms with E-state index in [0.29, 0.717) is 36.3 Å². The van der Waals surface area contributed by atoms with E-state index in [0.717, 1.165) is 5.56 Å². The van der Waals surface area contributed by atoms with Crippen molar-refractivity contribution in [3.8, 4) is 11.6 Å². The number of hydrogen-bond acceptors (Lipinski definition) is 6. The second-order valence-corrected chi connectivity index (χ2v) is 7.23. The summed E-state index contributed by atoms with van der Waals surface area (Å²) in [6, 6.07) is 15.3. The van der Waals surface area contributed by atoms with Crippen molar-refractivity contribution >= 4 is 11.9 Å². The number of amides is 1. The van der Waals surface area contributed by atoms with Gasteiger partial charge in [-0.2, -0.15) is 4.98 Å². The number of hydrogen-bond donors (Lipinski definition) is 0. The highest BCUT2D eigenvalue weighted by Crippen LogP contribution is 2.20. The molecule has 0 radical (unpaired) electrons. The topological polar surface area (TPSA) is 75.4 Å². The minimum Gasteiger partial charge on any atom is -0.340 e. The first-order chi connectivity index (χ1) is 13.4. The Bertz CT molecular complexity index is 923. The van der Waals surface area contributed by atoms with Gasteiger partial charge in [-0.05, 0) is 28.8 Å². The van der Waals surface area contributed by atoms with E-state index < -0.39 is 0 Å². The van der Waals surface area contributed by atoms with Gasteiger partial charge in [-0.1, -0.05) is 50.2 Å². The van der Waals surface area contributed by atoms with Crippen molar-refractivity contribution in [3.63, 3.8) is 0 Å². The molecule has 3 aromatic rings. The van der Waals surface area contributed by atoms with E-state index in [1.54, 1.807) is 30.1 Å². The number of carbonyl (C=O) groups is 1. The van der Waals surface area contributed by atoms with Crippen LogP contribution in [0.4, 0.5) is 5.95 Å². The van der Waals surface area contributed by atoms with Gasteiger partial charge in [0.1, 0.15) is 11.4 Å². The van der Waals surface area contributed by atoms with Gasteiger partial charge in [0.2, 0.25) is 0 Å². The van der Waals surface area contributed by atoms with Crippen LogP contribution in [-0.2, 0) is 6.54 Å². The second-order valence-electron chi connectivity index (χ2n) is 7.23. The fourth-order valence-corrected chi connectivity index (χ4v) is 2.90. The lowest BCUT2D eigenvalue weighted by molar-refractivity contribution is 0.0773. The van der Waals surface area contributed by atoms with Crippen LogP contribution in [0, 0.1) is 5.92 Å². The van der Waals surface area contributed by atoms with Crippen LogP contribution in [-0.4, -0.2) is 46.6 Å². The Hall–Kier alpha value is -3.22. The van der Waals surface area contributed by atoms with Crippen molar-refractivity contribution in [2.24, 2.45) is 5.92 Å². The van der Waals surface area contributed by atoms with Gasteiger partial charge < -0.3 is 14.3 Å². The van der Waals surface area contributed by atoms with Crippen LogP contribution in [0.2, 0.25) is 0 Å². The summed E-state index contributed by atoms with van der Waals surface area (Å²) in [6.45, 7) is 5.46. The van der Waals surface area contributed by atoms with Crippen LogP contribution in [0.15, 0.2) is 53.1 Å². The van der Waals surface area contributed by atoms with Crippen LogP contribution in [0.3, 0.4) is 0 Å². The van der Waals surface area contributed by atoms with Crippen molar-refractivity contribution < 1.29 is 9.32 Å². The van der Waals surface area contributed by atoms with E-state index in [2.05, 4.69) is 29.0 Å². The molecule has 1 amide bonds. The quantitative estimate of drug-likeness (QED) is 0.625. The van der Waals surface area contributed by atoms with Crippen molar-refractivity contribution in [1.29, 1.82) is 0 Å². The first-order valence-electron chi connectivity index (χ1n) is 9.25. The first-order valence-corrected chi connectivity index (χ1v) is 9.25. The number of rotatable bonds is 7. The molecule has 1 aromatic carbocycles. The van der Waals surface area contributed by atoms with E-state index in [4.69, 9.17) is 4.52 Å². The number of nitrogens with zero attached hydrogens (tertiary/aromatic N) is 5. The van der Waals surface area contributed by atoms with E-state index >= 15 is 0 Å². The lowest BCUT2D eigenvalue weighted by atomic mass is 10.2. The molecule has 0 saturated carbocycles. The van der Waals surface area contributed by atoms with E-state index in [-0.39, 0.29) is 11.8 Å². The summed E-state index contributed by atoms with van der Waals surface area (Å²) < 4.78 is 5.38. The van der Waals surface area contributed by atoms with Crippen molar-refractivity contribution in [1.82, 2.24) is 20.0 Å². The Morgan fingerprint density at radius 1 is 1.04 bits per heavy atom. The summed E-state index contributed by atoms with van der Waals surface area (Å²) in [4.78, 5) is 25.0. The molecule has 0 aliphatic carbocycles. The third-order valence-corrected chi connectivity index (χ3v) is 4.19. The van der Waals surface area contributed by atoms with Crippen LogP contribution in [0.1, 0.15) is 29.9 Å². The molecular weight excluding hydrogens is 354 g/mol. The Labute approximate surface area is 165 Å². The Morgan fingerprint density at radius 2 is 1.79 bits per heavy atom. The average molecular weight is 379 g/mol. The lowest BCUT2D eigenvalue weighted by Crippen LogP contribution is -2.30. The number of benzene rings is 1. The summed E-state index contributed by atoms with van der Waals surface area (Å²) in [5.41, 5.74) is 1.99. The Morgan fingerprint density at radius 3 is 2.50 bits per heavy atom. The predicted octanol–water partition coefficient (Wildman–Crippen LogP) is 3.50. The van der Waals surface area contributed by atoms with Gasteiger partial charge in [-0.3, -0.25) is 4.79 Å². The zero-order valence-electron chi connectivity index (χ0n) is 16.7. The minimum absolute atomic E-state index is 0.128. The number of aromatic nitrogens is 3. The van der Waals surface area contributed by atoms with Gasteiger partial charge >= 0.3 is 0 Å². The lowest BCUT2D eigenvalue weighted by Gasteiger charge is -2.18. The van der Waals surface area contributed by atoms with Gasteiger partial charge in [0.05, 0.1) is 0 Å². The standard InChI is InChI=1S/C21H25N5O2/c1-15(2)13-25(3)20(27)18-12-8-11-17(22-18)19-23-21(24-28-19)26(4)14-16-9-6-5-7-10-16/h5-12,15H,13-14H2,1-4H3. The van der Waals surface area contributed by atoms with Crippen LogP contribution < -0.4 is 4.90 Å². The maximum absolute atomic E-state index is 12.6. The molecule has 0 unspecified atom stereocenters. The molecule has 0 bridgehead atoms. The second kappa shape index (κ2) is 8.65. The molecule has 0 fully saturated rings. The van der Waals surface area contributed by atoms with E-state index in [9.17, 15) is 4.79 Å². The fourth-order valence-electron chi connectivity index (χ4n) is 2.90. The molecule has 0 saturated heterocycles. The molecule has 7 heteroatoms. The predicted molar refractivity (Wildman–Crippen MR) is 108 cm³/mol. The van der Waals surface area contributed by atoms with Gasteiger partial charge in [0.15, 0.2) is 0 Å². The summed E-state index contributed by atoms with van der Waals surface area (Å²) in [5, 5.41) is 4.04. The molecular formula is C21H25N5O2. The minimum atomic E-state index is -0.128. The molecule has 7 nitrogen and oxygen atoms in total. The van der Waals surface area contributed by atoms with Crippen LogP contribution in [0.5, 0.6) is 0 Å². The average Bonchev–Trinajstić information content (AvgIpc) is 3.18. The number of pyridine rings is 1. The zero-order chi connectivity index (χ0) is 20.1. The largest absolute Gasteiger partial charge is 0.340 e. The monoisotopic (exact) mass is 379 g/mol. The molecule has 0 aliphatic rings. The molecule has 2 aromatic heterocycles. The fraction of sp³-hybridized carbons (Fsp3) is 0.333. The van der Waals surface area contributed by atoms with Crippen LogP contribution >= 0.6 is 0 Å². The molecule has 0 aliphatic heterocycles. The SMILES string of the molecule is CC(C)CN(C)C(=O)c1cccc(-c2nc(N(C)Cc3ccccc3)no2)n1. The van der Waals surface area contributed by atoms with Crippen LogP contribution in [0.25, 0.3) is 11.6 Å². The summed E-state index contributed by atoms with van der Waals surface area (Å²) in [5.74, 6) is 1.01. The summed E-state index contributed by atoms with van der Waals surface area (Å²) in [6.07, 6.45) is 0. The van der Waals surface area contributed by atoms with Crippen molar-refractivity contribution in [2.45, 2.75) is 20.4 Å². The zero-order valence-corrected chi connectivity index (χ0v) is 16.7. The highest BCUT2D eigenvalue weighted by atomic mass is 16.5. The summed E-state index contributed by atoms with van der Waals surface area (Å²) >= 11 is 0. The number of anilines is 1. The molecule has 2 heterocycles. The molecule has 0 atom stereocenters. The van der Waals surface area contributed by atoms with E-state index in [1.807, 2.05) is 42.3 Å². The Balaban J connectivity index is 1.75. The third kappa shape index (κ3) is 4.73. The molecule has 0 spiro atoms. The Kier molecular flexibility index (Phi) is 6.03. The van der Waals surface area contributed by atoms with Gasteiger partial charge in [-0.15, -0.1) is 0 Å². The molecule has 28 heavy (non-hydrogen) atoms. The normalized spacial score (nSPS) is 10.9. The molecule has 3 rings (SSSR count). The van der Waals surface area contributed by atoms with Gasteiger partial charge in [-0.25, -0.2) is 4.98 Å². The highest BCUT2D eigenvalue weighted by Gasteiger charge is 2.18. The number of carbonyl (C=O) groups excluding carboxylic acids is 1. The van der Waals surface area contributed by atoms with Crippen molar-refractivity contribution in [3.05, 3.63) is 59.8 Å². The maximum Gasteiger partial charge on any atom is 0.278 e. The molecule has 0 N–H and O–H groups in total. The highest BCUT2D eigenvalue weighted by molar-refractivity contribution is 5.92. The first kappa shape index (κ1) is 19.5. The van der Waals surface area contributed by atoms with Gasteiger partial charge in [0.25, 0.3) is 17.7 Å². The maximum atomic E-state index is 12.6. The van der Waals surface area contributed by atoms with E-state index in [1.165, 1.54) is 0 Å². The summed E-state index contributed by atoms with van der Waals surface area (Å²) in [7, 11) is 3.68.